The van der Waals surface area contributed by atoms with Gasteiger partial charge >= 0.3 is 5.97 Å². The Bertz CT molecular complexity index is 934. The topological polar surface area (TPSA) is 61.8 Å². The number of allylic oxidation sites excluding steroid dienone is 1. The van der Waals surface area contributed by atoms with Gasteiger partial charge in [0, 0.05) is 12.7 Å². The van der Waals surface area contributed by atoms with Crippen LogP contribution < -0.4 is 9.47 Å². The van der Waals surface area contributed by atoms with E-state index in [-0.39, 0.29) is 11.5 Å². The van der Waals surface area contributed by atoms with Crippen molar-refractivity contribution in [3.63, 3.8) is 0 Å². The largest absolute Gasteiger partial charge is 0.452 e. The normalized spacial score (nSPS) is 19.8. The fraction of sp³-hybridized carbons (Fsp3) is 0.304. The molecule has 1 unspecified atom stereocenters. The number of rotatable bonds is 4. The second-order valence-corrected chi connectivity index (χ2v) is 7.34. The number of fused-ring (bicyclic) bond motifs is 1. The Morgan fingerprint density at radius 1 is 1.18 bits per heavy atom. The van der Waals surface area contributed by atoms with Gasteiger partial charge in [-0.3, -0.25) is 4.79 Å². The van der Waals surface area contributed by atoms with Crippen LogP contribution in [0.15, 0.2) is 48.2 Å². The highest BCUT2D eigenvalue weighted by atomic mass is 16.6. The highest BCUT2D eigenvalue weighted by Gasteiger charge is 2.29. The van der Waals surface area contributed by atoms with Crippen molar-refractivity contribution in [1.29, 1.82) is 0 Å². The van der Waals surface area contributed by atoms with Gasteiger partial charge in [0.1, 0.15) is 11.5 Å². The van der Waals surface area contributed by atoms with E-state index >= 15 is 0 Å². The van der Waals surface area contributed by atoms with Crippen LogP contribution in [0.2, 0.25) is 0 Å². The zero-order valence-electron chi connectivity index (χ0n) is 15.9. The average molecular weight is 378 g/mol. The first-order valence-corrected chi connectivity index (χ1v) is 9.53. The number of Topliss-reactive ketones (excluding diaryl/α,β-unsaturated/α-hetero) is 1. The standard InChI is InChI=1S/C23H22O5/c1-14(2)16-7-5-15(6-8-16)12-21-22(24)18-10-9-17(13-20(18)28-21)27-23(25)19-4-3-11-26-19/h5-10,12-14,19H,3-4,11H2,1-2H3/b21-12-. The summed E-state index contributed by atoms with van der Waals surface area (Å²) >= 11 is 0. The third kappa shape index (κ3) is 3.71. The molecule has 2 aliphatic heterocycles. The van der Waals surface area contributed by atoms with Gasteiger partial charge in [0.2, 0.25) is 5.78 Å². The van der Waals surface area contributed by atoms with E-state index in [0.717, 1.165) is 12.0 Å². The lowest BCUT2D eigenvalue weighted by atomic mass is 10.0. The van der Waals surface area contributed by atoms with E-state index < -0.39 is 12.1 Å². The quantitative estimate of drug-likeness (QED) is 0.445. The van der Waals surface area contributed by atoms with E-state index in [0.29, 0.717) is 36.0 Å². The summed E-state index contributed by atoms with van der Waals surface area (Å²) in [6.07, 6.45) is 2.74. The molecule has 4 rings (SSSR count). The van der Waals surface area contributed by atoms with Crippen molar-refractivity contribution in [1.82, 2.24) is 0 Å². The molecule has 2 heterocycles. The van der Waals surface area contributed by atoms with Gasteiger partial charge in [-0.15, -0.1) is 0 Å². The molecule has 0 radical (unpaired) electrons. The van der Waals surface area contributed by atoms with Crippen molar-refractivity contribution >= 4 is 17.8 Å². The van der Waals surface area contributed by atoms with Crippen LogP contribution in [0.5, 0.6) is 11.5 Å². The molecule has 5 heteroatoms. The molecule has 0 spiro atoms. The summed E-state index contributed by atoms with van der Waals surface area (Å²) in [6.45, 7) is 4.85. The molecule has 0 aliphatic carbocycles. The van der Waals surface area contributed by atoms with Crippen LogP contribution in [0.3, 0.4) is 0 Å². The van der Waals surface area contributed by atoms with E-state index in [2.05, 4.69) is 13.8 Å². The zero-order chi connectivity index (χ0) is 19.7. The highest BCUT2D eigenvalue weighted by Crippen LogP contribution is 2.35. The van der Waals surface area contributed by atoms with Crippen molar-refractivity contribution in [2.24, 2.45) is 0 Å². The monoisotopic (exact) mass is 378 g/mol. The van der Waals surface area contributed by atoms with Crippen LogP contribution in [0, 0.1) is 0 Å². The van der Waals surface area contributed by atoms with Gasteiger partial charge < -0.3 is 14.2 Å². The van der Waals surface area contributed by atoms with Crippen LogP contribution in [0.4, 0.5) is 0 Å². The third-order valence-electron chi connectivity index (χ3n) is 4.95. The summed E-state index contributed by atoms with van der Waals surface area (Å²) in [7, 11) is 0. The lowest BCUT2D eigenvalue weighted by molar-refractivity contribution is -0.144. The summed E-state index contributed by atoms with van der Waals surface area (Å²) in [5, 5.41) is 0. The number of hydrogen-bond acceptors (Lipinski definition) is 5. The molecule has 1 atom stereocenters. The molecule has 144 valence electrons. The second kappa shape index (κ2) is 7.60. The number of ketones is 1. The van der Waals surface area contributed by atoms with Crippen LogP contribution >= 0.6 is 0 Å². The minimum absolute atomic E-state index is 0.181. The minimum Gasteiger partial charge on any atom is -0.452 e. The number of esters is 1. The Labute approximate surface area is 163 Å². The molecule has 2 aromatic rings. The zero-order valence-corrected chi connectivity index (χ0v) is 15.9. The van der Waals surface area contributed by atoms with Gasteiger partial charge in [-0.25, -0.2) is 4.79 Å². The summed E-state index contributed by atoms with van der Waals surface area (Å²) in [5.41, 5.74) is 2.59. The number of benzene rings is 2. The van der Waals surface area contributed by atoms with Gasteiger partial charge in [0.25, 0.3) is 0 Å². The third-order valence-corrected chi connectivity index (χ3v) is 4.95. The fourth-order valence-corrected chi connectivity index (χ4v) is 3.30. The maximum atomic E-state index is 12.6. The lowest BCUT2D eigenvalue weighted by Crippen LogP contribution is -2.24. The summed E-state index contributed by atoms with van der Waals surface area (Å²) in [5.74, 6) is 0.853. The summed E-state index contributed by atoms with van der Waals surface area (Å²) < 4.78 is 16.4. The average Bonchev–Trinajstić information content (AvgIpc) is 3.31. The molecule has 0 saturated carbocycles. The predicted molar refractivity (Wildman–Crippen MR) is 105 cm³/mol. The Hall–Kier alpha value is -2.92. The van der Waals surface area contributed by atoms with Gasteiger partial charge in [0.15, 0.2) is 11.9 Å². The highest BCUT2D eigenvalue weighted by molar-refractivity contribution is 6.14. The molecular weight excluding hydrogens is 356 g/mol. The van der Waals surface area contributed by atoms with E-state index in [1.54, 1.807) is 24.3 Å². The molecule has 2 aromatic carbocycles. The first-order valence-electron chi connectivity index (χ1n) is 9.53. The van der Waals surface area contributed by atoms with E-state index in [1.165, 1.54) is 5.56 Å². The van der Waals surface area contributed by atoms with Crippen LogP contribution in [0.1, 0.15) is 54.1 Å². The van der Waals surface area contributed by atoms with Crippen molar-refractivity contribution in [2.45, 2.75) is 38.7 Å². The smallest absolute Gasteiger partial charge is 0.340 e. The van der Waals surface area contributed by atoms with Crippen molar-refractivity contribution in [3.05, 3.63) is 64.9 Å². The number of carbonyl (C=O) groups excluding carboxylic acids is 2. The first kappa shape index (κ1) is 18.4. The first-order chi connectivity index (χ1) is 13.5. The number of carbonyl (C=O) groups is 2. The van der Waals surface area contributed by atoms with Gasteiger partial charge in [-0.2, -0.15) is 0 Å². The lowest BCUT2D eigenvalue weighted by Gasteiger charge is -2.09. The molecule has 1 saturated heterocycles. The molecular formula is C23H22O5. The SMILES string of the molecule is CC(C)c1ccc(/C=C2\Oc3cc(OC(=O)C4CCCO4)ccc3C2=O)cc1. The van der Waals surface area contributed by atoms with E-state index in [4.69, 9.17) is 14.2 Å². The van der Waals surface area contributed by atoms with Crippen molar-refractivity contribution < 1.29 is 23.8 Å². The van der Waals surface area contributed by atoms with Crippen LogP contribution in [-0.4, -0.2) is 24.5 Å². The number of ether oxygens (including phenoxy) is 3. The Morgan fingerprint density at radius 3 is 2.64 bits per heavy atom. The van der Waals surface area contributed by atoms with Gasteiger partial charge in [0.05, 0.1) is 5.56 Å². The predicted octanol–water partition coefficient (Wildman–Crippen LogP) is 4.51. The van der Waals surface area contributed by atoms with Gasteiger partial charge in [-0.05, 0) is 48.1 Å². The van der Waals surface area contributed by atoms with Crippen LogP contribution in [0.25, 0.3) is 6.08 Å². The fourth-order valence-electron chi connectivity index (χ4n) is 3.30. The molecule has 1 fully saturated rings. The second-order valence-electron chi connectivity index (χ2n) is 7.34. The number of hydrogen-bond donors (Lipinski definition) is 0. The Balaban J connectivity index is 1.50. The molecule has 0 aromatic heterocycles. The Kier molecular flexibility index (Phi) is 5.01. The molecule has 0 amide bonds. The molecule has 2 aliphatic rings. The summed E-state index contributed by atoms with van der Waals surface area (Å²) in [6, 6.07) is 12.8. The van der Waals surface area contributed by atoms with Gasteiger partial charge in [-0.1, -0.05) is 38.1 Å². The maximum Gasteiger partial charge on any atom is 0.340 e. The van der Waals surface area contributed by atoms with Crippen LogP contribution in [-0.2, 0) is 9.53 Å². The molecule has 0 bridgehead atoms. The molecule has 0 N–H and O–H groups in total. The minimum atomic E-state index is -0.514. The summed E-state index contributed by atoms with van der Waals surface area (Å²) in [4.78, 5) is 24.7. The molecule has 5 nitrogen and oxygen atoms in total. The Morgan fingerprint density at radius 2 is 1.96 bits per heavy atom. The van der Waals surface area contributed by atoms with Crippen molar-refractivity contribution in [3.8, 4) is 11.5 Å². The van der Waals surface area contributed by atoms with E-state index in [1.807, 2.05) is 24.3 Å². The maximum absolute atomic E-state index is 12.6. The van der Waals surface area contributed by atoms with Crippen molar-refractivity contribution in [2.75, 3.05) is 6.61 Å². The van der Waals surface area contributed by atoms with E-state index in [9.17, 15) is 9.59 Å². The molecule has 28 heavy (non-hydrogen) atoms.